The fourth-order valence-electron chi connectivity index (χ4n) is 1.04. The van der Waals surface area contributed by atoms with Crippen LogP contribution in [0, 0.1) is 6.92 Å². The van der Waals surface area contributed by atoms with Gasteiger partial charge >= 0.3 is 10.2 Å². The van der Waals surface area contributed by atoms with Crippen molar-refractivity contribution in [1.29, 1.82) is 0 Å². The molecule has 74 valence electrons. The Morgan fingerprint density at radius 3 is 2.62 bits per heavy atom. The molecule has 6 heteroatoms. The molecule has 0 aliphatic carbocycles. The van der Waals surface area contributed by atoms with Gasteiger partial charge in [0.1, 0.15) is 24.7 Å². The standard InChI is InChI=1S/C7H12FN2O2S/c1-7-9(2)3-4-10(7)5-6-13(8,11)12/h3-4H,5-6H2,1-2H3/q+1. The first-order valence-corrected chi connectivity index (χ1v) is 5.39. The minimum atomic E-state index is -4.36. The van der Waals surface area contributed by atoms with Gasteiger partial charge in [-0.2, -0.15) is 8.42 Å². The van der Waals surface area contributed by atoms with Crippen LogP contribution in [0.4, 0.5) is 3.89 Å². The van der Waals surface area contributed by atoms with Gasteiger partial charge in [-0.25, -0.2) is 9.13 Å². The number of aryl methyl sites for hydroxylation is 2. The molecule has 0 saturated carbocycles. The molecule has 0 spiro atoms. The maximum atomic E-state index is 12.2. The van der Waals surface area contributed by atoms with Crippen molar-refractivity contribution in [2.24, 2.45) is 7.05 Å². The van der Waals surface area contributed by atoms with Crippen LogP contribution in [0.2, 0.25) is 0 Å². The first-order chi connectivity index (χ1) is 5.90. The average molecular weight is 207 g/mol. The quantitative estimate of drug-likeness (QED) is 0.514. The van der Waals surface area contributed by atoms with Crippen molar-refractivity contribution < 1.29 is 16.9 Å². The van der Waals surface area contributed by atoms with Crippen molar-refractivity contribution in [2.75, 3.05) is 5.75 Å². The summed E-state index contributed by atoms with van der Waals surface area (Å²) in [5.41, 5.74) is 0. The Bertz CT molecular complexity index is 397. The van der Waals surface area contributed by atoms with Crippen molar-refractivity contribution in [1.82, 2.24) is 4.57 Å². The third-order valence-electron chi connectivity index (χ3n) is 1.97. The second-order valence-electron chi connectivity index (χ2n) is 2.89. The zero-order valence-corrected chi connectivity index (χ0v) is 8.38. The van der Waals surface area contributed by atoms with E-state index < -0.39 is 16.0 Å². The number of hydrogen-bond acceptors (Lipinski definition) is 2. The fourth-order valence-corrected chi connectivity index (χ4v) is 1.46. The van der Waals surface area contributed by atoms with E-state index in [0.29, 0.717) is 0 Å². The highest BCUT2D eigenvalue weighted by molar-refractivity contribution is 7.86. The topological polar surface area (TPSA) is 43.0 Å². The Kier molecular flexibility index (Phi) is 2.70. The Labute approximate surface area is 76.8 Å². The third-order valence-corrected chi connectivity index (χ3v) is 2.64. The molecule has 1 aromatic heterocycles. The van der Waals surface area contributed by atoms with Gasteiger partial charge in [-0.15, -0.1) is 3.89 Å². The van der Waals surface area contributed by atoms with Gasteiger partial charge < -0.3 is 0 Å². The van der Waals surface area contributed by atoms with E-state index in [1.54, 1.807) is 17.0 Å². The van der Waals surface area contributed by atoms with Gasteiger partial charge in [-0.3, -0.25) is 0 Å². The van der Waals surface area contributed by atoms with E-state index in [1.165, 1.54) is 0 Å². The number of imidazole rings is 1. The molecule has 0 saturated heterocycles. The Morgan fingerprint density at radius 1 is 1.62 bits per heavy atom. The van der Waals surface area contributed by atoms with Gasteiger partial charge in [0.15, 0.2) is 0 Å². The molecule has 0 bridgehead atoms. The lowest BCUT2D eigenvalue weighted by molar-refractivity contribution is -0.677. The molecule has 0 radical (unpaired) electrons. The predicted molar refractivity (Wildman–Crippen MR) is 45.2 cm³/mol. The summed E-state index contributed by atoms with van der Waals surface area (Å²) in [7, 11) is -2.52. The maximum Gasteiger partial charge on any atom is 0.306 e. The first-order valence-electron chi connectivity index (χ1n) is 3.84. The van der Waals surface area contributed by atoms with Gasteiger partial charge in [0.25, 0.3) is 5.82 Å². The Morgan fingerprint density at radius 2 is 2.23 bits per heavy atom. The van der Waals surface area contributed by atoms with Crippen LogP contribution >= 0.6 is 0 Å². The molecular formula is C7H12FN2O2S+. The number of rotatable bonds is 3. The largest absolute Gasteiger partial charge is 0.306 e. The summed E-state index contributed by atoms with van der Waals surface area (Å²) in [6, 6.07) is 0. The summed E-state index contributed by atoms with van der Waals surface area (Å²) < 4.78 is 36.2. The van der Waals surface area contributed by atoms with Crippen LogP contribution in [0.1, 0.15) is 5.82 Å². The van der Waals surface area contributed by atoms with E-state index in [1.807, 2.05) is 18.5 Å². The molecule has 1 rings (SSSR count). The molecular weight excluding hydrogens is 195 g/mol. The van der Waals surface area contributed by atoms with Crippen molar-refractivity contribution in [2.45, 2.75) is 13.5 Å². The third kappa shape index (κ3) is 2.80. The second-order valence-corrected chi connectivity index (χ2v) is 4.38. The minimum Gasteiger partial charge on any atom is -0.237 e. The van der Waals surface area contributed by atoms with Crippen LogP contribution in [-0.2, 0) is 23.8 Å². The van der Waals surface area contributed by atoms with E-state index in [0.717, 1.165) is 5.82 Å². The summed E-state index contributed by atoms with van der Waals surface area (Å²) in [6.07, 6.45) is 3.51. The van der Waals surface area contributed by atoms with E-state index >= 15 is 0 Å². The molecule has 0 aliphatic heterocycles. The average Bonchev–Trinajstić information content (AvgIpc) is 2.29. The Hall–Kier alpha value is -0.910. The van der Waals surface area contributed by atoms with E-state index in [9.17, 15) is 12.3 Å². The highest BCUT2D eigenvalue weighted by Gasteiger charge is 2.13. The molecule has 13 heavy (non-hydrogen) atoms. The van der Waals surface area contributed by atoms with Gasteiger partial charge in [0, 0.05) is 6.92 Å². The van der Waals surface area contributed by atoms with E-state index in [4.69, 9.17) is 0 Å². The Balaban J connectivity index is 2.71. The zero-order chi connectivity index (χ0) is 10.1. The number of hydrogen-bond donors (Lipinski definition) is 0. The summed E-state index contributed by atoms with van der Waals surface area (Å²) in [5, 5.41) is 0. The van der Waals surface area contributed by atoms with Crippen LogP contribution in [0.3, 0.4) is 0 Å². The smallest absolute Gasteiger partial charge is 0.237 e. The van der Waals surface area contributed by atoms with Crippen LogP contribution in [0.5, 0.6) is 0 Å². The van der Waals surface area contributed by atoms with Crippen LogP contribution < -0.4 is 4.57 Å². The van der Waals surface area contributed by atoms with E-state index in [-0.39, 0.29) is 6.54 Å². The maximum absolute atomic E-state index is 12.2. The van der Waals surface area contributed by atoms with Crippen molar-refractivity contribution in [3.05, 3.63) is 18.2 Å². The monoisotopic (exact) mass is 207 g/mol. The molecule has 0 aromatic carbocycles. The highest BCUT2D eigenvalue weighted by atomic mass is 32.3. The molecule has 1 heterocycles. The normalized spacial score (nSPS) is 11.9. The van der Waals surface area contributed by atoms with Crippen LogP contribution in [0.15, 0.2) is 12.4 Å². The molecule has 1 aromatic rings. The SMILES string of the molecule is Cc1n(CCS(=O)(=O)F)cc[n+]1C. The number of aromatic nitrogens is 2. The van der Waals surface area contributed by atoms with Crippen LogP contribution in [0.25, 0.3) is 0 Å². The molecule has 0 amide bonds. The zero-order valence-electron chi connectivity index (χ0n) is 7.57. The molecule has 0 N–H and O–H groups in total. The molecule has 0 fully saturated rings. The van der Waals surface area contributed by atoms with Gasteiger partial charge in [0.2, 0.25) is 0 Å². The van der Waals surface area contributed by atoms with Crippen LogP contribution in [-0.4, -0.2) is 18.7 Å². The summed E-state index contributed by atoms with van der Waals surface area (Å²) >= 11 is 0. The number of nitrogens with zero attached hydrogens (tertiary/aromatic N) is 2. The molecule has 0 unspecified atom stereocenters. The summed E-state index contributed by atoms with van der Waals surface area (Å²) in [4.78, 5) is 0. The van der Waals surface area contributed by atoms with Gasteiger partial charge in [-0.05, 0) is 0 Å². The van der Waals surface area contributed by atoms with Gasteiger partial charge in [0.05, 0.1) is 7.05 Å². The number of halogens is 1. The fraction of sp³-hybridized carbons (Fsp3) is 0.571. The first kappa shape index (κ1) is 10.2. The molecule has 0 atom stereocenters. The van der Waals surface area contributed by atoms with E-state index in [2.05, 4.69) is 0 Å². The molecule has 0 aliphatic rings. The predicted octanol–water partition coefficient (Wildman–Crippen LogP) is -0.0797. The lowest BCUT2D eigenvalue weighted by atomic mass is 10.6. The van der Waals surface area contributed by atoms with Crippen molar-refractivity contribution in [3.8, 4) is 0 Å². The lowest BCUT2D eigenvalue weighted by Crippen LogP contribution is -2.30. The minimum absolute atomic E-state index is 0.158. The highest BCUT2D eigenvalue weighted by Crippen LogP contribution is 1.97. The lowest BCUT2D eigenvalue weighted by Gasteiger charge is -1.95. The summed E-state index contributed by atoms with van der Waals surface area (Å²) in [5.74, 6) is 0.423. The van der Waals surface area contributed by atoms with Crippen molar-refractivity contribution in [3.63, 3.8) is 0 Å². The molecule has 4 nitrogen and oxygen atoms in total. The second kappa shape index (κ2) is 3.45. The van der Waals surface area contributed by atoms with Crippen molar-refractivity contribution >= 4 is 10.2 Å². The summed E-state index contributed by atoms with van der Waals surface area (Å²) in [6.45, 7) is 2.00. The van der Waals surface area contributed by atoms with Gasteiger partial charge in [-0.1, -0.05) is 0 Å².